The molecular formula is C25H42N2O2. The largest absolute Gasteiger partial charge is 0.389 e. The van der Waals surface area contributed by atoms with Crippen molar-refractivity contribution in [2.24, 2.45) is 34.5 Å². The zero-order valence-corrected chi connectivity index (χ0v) is 19.0. The van der Waals surface area contributed by atoms with Gasteiger partial charge in [-0.15, -0.1) is 0 Å². The first kappa shape index (κ1) is 20.5. The standard InChI is InChI=1S/C25H42N2O2/c1-23-10-11-25(29,17-27-14-12-26(3)13-15-27)16-18(23)4-5-19-20-6-7-22(28)24(20,2)9-8-21(19)23/h18-21,29H,4-17H2,1-3H3/t18?,19-,20-,21+,23-,24-,25?/m0/s1. The highest BCUT2D eigenvalue weighted by Crippen LogP contribution is 2.66. The molecular weight excluding hydrogens is 360 g/mol. The lowest BCUT2D eigenvalue weighted by atomic mass is 9.44. The second-order valence-corrected chi connectivity index (χ2v) is 12.1. The van der Waals surface area contributed by atoms with Crippen molar-refractivity contribution >= 4 is 5.78 Å². The number of carbonyl (C=O) groups is 1. The van der Waals surface area contributed by atoms with Crippen molar-refractivity contribution in [2.45, 2.75) is 77.2 Å². The van der Waals surface area contributed by atoms with Crippen LogP contribution in [0.4, 0.5) is 0 Å². The maximum Gasteiger partial charge on any atom is 0.139 e. The number of piperazine rings is 1. The molecule has 0 bridgehead atoms. The Kier molecular flexibility index (Phi) is 4.96. The van der Waals surface area contributed by atoms with Gasteiger partial charge in [-0.25, -0.2) is 0 Å². The van der Waals surface area contributed by atoms with Gasteiger partial charge in [0, 0.05) is 44.6 Å². The summed E-state index contributed by atoms with van der Waals surface area (Å²) < 4.78 is 0. The maximum atomic E-state index is 12.6. The van der Waals surface area contributed by atoms with E-state index in [9.17, 15) is 9.90 Å². The van der Waals surface area contributed by atoms with Gasteiger partial charge in [-0.05, 0) is 87.5 Å². The fraction of sp³-hybridized carbons (Fsp3) is 0.960. The van der Waals surface area contributed by atoms with E-state index in [0.717, 1.165) is 76.7 Å². The van der Waals surface area contributed by atoms with Gasteiger partial charge in [0.15, 0.2) is 0 Å². The molecule has 5 aliphatic rings. The molecule has 0 amide bonds. The molecule has 4 saturated carbocycles. The molecule has 1 N–H and O–H groups in total. The molecule has 4 nitrogen and oxygen atoms in total. The predicted octanol–water partition coefficient (Wildman–Crippen LogP) is 3.58. The molecule has 29 heavy (non-hydrogen) atoms. The van der Waals surface area contributed by atoms with Crippen LogP contribution in [0, 0.1) is 34.5 Å². The normalized spacial score (nSPS) is 51.4. The van der Waals surface area contributed by atoms with E-state index >= 15 is 0 Å². The minimum atomic E-state index is -0.487. The fourth-order valence-electron chi connectivity index (χ4n) is 8.66. The van der Waals surface area contributed by atoms with Gasteiger partial charge in [-0.1, -0.05) is 13.8 Å². The SMILES string of the molecule is CN1CCN(CC2(O)CC[C@@]3(C)C(CC[C@@H]4[C@H]3CC[C@]3(C)C(=O)CC[C@@H]43)C2)CC1. The van der Waals surface area contributed by atoms with Gasteiger partial charge in [-0.3, -0.25) is 9.69 Å². The highest BCUT2D eigenvalue weighted by atomic mass is 16.3. The van der Waals surface area contributed by atoms with Crippen LogP contribution in [0.2, 0.25) is 0 Å². The Labute approximate surface area is 177 Å². The third-order valence-electron chi connectivity index (χ3n) is 10.6. The summed E-state index contributed by atoms with van der Waals surface area (Å²) in [5, 5.41) is 11.6. The van der Waals surface area contributed by atoms with Gasteiger partial charge in [-0.2, -0.15) is 0 Å². The number of Topliss-reactive ketones (excluding diaryl/α,β-unsaturated/α-hetero) is 1. The van der Waals surface area contributed by atoms with Crippen LogP contribution in [0.1, 0.15) is 71.6 Å². The Morgan fingerprint density at radius 1 is 0.966 bits per heavy atom. The number of β-amino-alcohol motifs (C(OH)–C–C–N with tert-alkyl or cyclic N) is 1. The molecule has 1 aliphatic heterocycles. The molecule has 0 radical (unpaired) electrons. The molecule has 0 spiro atoms. The van der Waals surface area contributed by atoms with E-state index in [0.29, 0.717) is 23.0 Å². The molecule has 0 aromatic rings. The number of ketones is 1. The van der Waals surface area contributed by atoms with Gasteiger partial charge in [0.2, 0.25) is 0 Å². The molecule has 2 unspecified atom stereocenters. The summed E-state index contributed by atoms with van der Waals surface area (Å²) >= 11 is 0. The molecule has 1 saturated heterocycles. The van der Waals surface area contributed by atoms with Gasteiger partial charge in [0.25, 0.3) is 0 Å². The molecule has 4 aliphatic carbocycles. The van der Waals surface area contributed by atoms with E-state index in [1.54, 1.807) is 0 Å². The Morgan fingerprint density at radius 2 is 1.72 bits per heavy atom. The van der Waals surface area contributed by atoms with Crippen LogP contribution in [0.15, 0.2) is 0 Å². The third-order valence-corrected chi connectivity index (χ3v) is 10.6. The van der Waals surface area contributed by atoms with Gasteiger partial charge in [0.1, 0.15) is 5.78 Å². The van der Waals surface area contributed by atoms with Crippen molar-refractivity contribution in [3.8, 4) is 0 Å². The van der Waals surface area contributed by atoms with Crippen LogP contribution in [0.3, 0.4) is 0 Å². The summed E-state index contributed by atoms with van der Waals surface area (Å²) in [6.07, 6.45) is 10.0. The Morgan fingerprint density at radius 3 is 2.48 bits per heavy atom. The first-order valence-electron chi connectivity index (χ1n) is 12.4. The average molecular weight is 403 g/mol. The molecule has 4 heteroatoms. The molecule has 5 fully saturated rings. The van der Waals surface area contributed by atoms with Crippen molar-refractivity contribution in [1.82, 2.24) is 9.80 Å². The number of carbonyl (C=O) groups excluding carboxylic acids is 1. The Hall–Kier alpha value is -0.450. The minimum absolute atomic E-state index is 0.0127. The van der Waals surface area contributed by atoms with E-state index in [1.807, 2.05) is 0 Å². The highest BCUT2D eigenvalue weighted by molar-refractivity contribution is 5.87. The van der Waals surface area contributed by atoms with E-state index in [4.69, 9.17) is 0 Å². The number of rotatable bonds is 2. The van der Waals surface area contributed by atoms with Crippen molar-refractivity contribution in [3.05, 3.63) is 0 Å². The van der Waals surface area contributed by atoms with E-state index in [2.05, 4.69) is 30.7 Å². The summed E-state index contributed by atoms with van der Waals surface area (Å²) in [4.78, 5) is 17.5. The second kappa shape index (κ2) is 7.03. The van der Waals surface area contributed by atoms with Crippen molar-refractivity contribution in [2.75, 3.05) is 39.8 Å². The van der Waals surface area contributed by atoms with E-state index in [1.165, 1.54) is 25.7 Å². The smallest absolute Gasteiger partial charge is 0.139 e. The van der Waals surface area contributed by atoms with Crippen molar-refractivity contribution < 1.29 is 9.90 Å². The van der Waals surface area contributed by atoms with Crippen LogP contribution in [-0.4, -0.2) is 66.1 Å². The monoisotopic (exact) mass is 402 g/mol. The first-order chi connectivity index (χ1) is 13.7. The zero-order chi connectivity index (χ0) is 20.4. The Bertz CT molecular complexity index is 659. The topological polar surface area (TPSA) is 43.8 Å². The van der Waals surface area contributed by atoms with Crippen LogP contribution in [0.5, 0.6) is 0 Å². The lowest BCUT2D eigenvalue weighted by Gasteiger charge is -2.61. The molecule has 164 valence electrons. The van der Waals surface area contributed by atoms with Crippen LogP contribution >= 0.6 is 0 Å². The summed E-state index contributed by atoms with van der Waals surface area (Å²) in [5.74, 6) is 3.39. The lowest BCUT2D eigenvalue weighted by molar-refractivity contribution is -0.157. The van der Waals surface area contributed by atoms with Crippen LogP contribution in [0.25, 0.3) is 0 Å². The van der Waals surface area contributed by atoms with Crippen molar-refractivity contribution in [1.29, 1.82) is 0 Å². The molecule has 7 atom stereocenters. The van der Waals surface area contributed by atoms with Gasteiger partial charge >= 0.3 is 0 Å². The van der Waals surface area contributed by atoms with Crippen molar-refractivity contribution in [3.63, 3.8) is 0 Å². The second-order valence-electron chi connectivity index (χ2n) is 12.1. The summed E-state index contributed by atoms with van der Waals surface area (Å²) in [6.45, 7) is 10.2. The first-order valence-corrected chi connectivity index (χ1v) is 12.4. The minimum Gasteiger partial charge on any atom is -0.389 e. The molecule has 0 aromatic carbocycles. The third kappa shape index (κ3) is 3.24. The summed E-state index contributed by atoms with van der Waals surface area (Å²) in [6, 6.07) is 0. The number of likely N-dealkylation sites (N-methyl/N-ethyl adjacent to an activating group) is 1. The lowest BCUT2D eigenvalue weighted by Crippen LogP contribution is -2.58. The number of hydrogen-bond donors (Lipinski definition) is 1. The van der Waals surface area contributed by atoms with E-state index in [-0.39, 0.29) is 5.41 Å². The number of fused-ring (bicyclic) bond motifs is 5. The van der Waals surface area contributed by atoms with Crippen LogP contribution < -0.4 is 0 Å². The number of hydrogen-bond acceptors (Lipinski definition) is 4. The fourth-order valence-corrected chi connectivity index (χ4v) is 8.66. The Balaban J connectivity index is 1.29. The number of nitrogens with zero attached hydrogens (tertiary/aromatic N) is 2. The average Bonchev–Trinajstić information content (AvgIpc) is 2.99. The summed E-state index contributed by atoms with van der Waals surface area (Å²) in [5.41, 5.74) is -0.120. The highest BCUT2D eigenvalue weighted by Gasteiger charge is 2.61. The molecule has 5 rings (SSSR count). The zero-order valence-electron chi connectivity index (χ0n) is 19.0. The van der Waals surface area contributed by atoms with E-state index < -0.39 is 5.60 Å². The molecule has 0 aromatic heterocycles. The van der Waals surface area contributed by atoms with Gasteiger partial charge in [0.05, 0.1) is 5.60 Å². The van der Waals surface area contributed by atoms with Gasteiger partial charge < -0.3 is 10.0 Å². The number of aliphatic hydroxyl groups is 1. The molecule has 1 heterocycles. The predicted molar refractivity (Wildman–Crippen MR) is 116 cm³/mol. The maximum absolute atomic E-state index is 12.6. The quantitative estimate of drug-likeness (QED) is 0.767. The summed E-state index contributed by atoms with van der Waals surface area (Å²) in [7, 11) is 2.20. The van der Waals surface area contributed by atoms with Crippen LogP contribution in [-0.2, 0) is 4.79 Å².